The molecule has 1 atom stereocenters. The minimum absolute atomic E-state index is 0.223. The molecule has 4 rings (SSSR count). The molecule has 37 heavy (non-hydrogen) atoms. The number of carbonyl (C=O) groups is 2. The van der Waals surface area contributed by atoms with Gasteiger partial charge in [0.15, 0.2) is 17.0 Å². The maximum absolute atomic E-state index is 12.3. The van der Waals surface area contributed by atoms with Gasteiger partial charge >= 0.3 is 12.2 Å². The van der Waals surface area contributed by atoms with Crippen molar-refractivity contribution in [2.75, 3.05) is 29.9 Å². The number of imidazole rings is 1. The number of nitrogens with zero attached hydrogens (tertiary/aromatic N) is 5. The Morgan fingerprint density at radius 2 is 2.03 bits per heavy atom. The van der Waals surface area contributed by atoms with E-state index in [1.165, 1.54) is 6.33 Å². The minimum atomic E-state index is -1.19. The van der Waals surface area contributed by atoms with Gasteiger partial charge in [0, 0.05) is 33.8 Å². The molecule has 3 heterocycles. The van der Waals surface area contributed by atoms with Crippen LogP contribution in [0.2, 0.25) is 5.02 Å². The second kappa shape index (κ2) is 10.3. The van der Waals surface area contributed by atoms with E-state index in [1.54, 1.807) is 43.8 Å². The largest absolute Gasteiger partial charge is 0.465 e. The number of hydrogen-bond acceptors (Lipinski definition) is 8. The SMILES string of the molecule is CC(C)(C)OC(=O)Nc1ncnc2c1ncn2Cc1c(Br)cc(Cl)cc1N1CCC(CO)(NC(=O)O)C1. The summed E-state index contributed by atoms with van der Waals surface area (Å²) in [6.07, 6.45) is 1.52. The smallest absolute Gasteiger partial charge is 0.413 e. The number of ether oxygens (including phenoxy) is 1. The van der Waals surface area contributed by atoms with Gasteiger partial charge in [-0.3, -0.25) is 5.32 Å². The maximum Gasteiger partial charge on any atom is 0.413 e. The standard InChI is InChI=1S/C23H27BrClN7O5/c1-22(2,3)37-21(36)29-18-17-19(27-11-26-18)32(12-28-17)8-14-15(24)6-13(25)7-16(14)31-5-4-23(9-31,10-33)30-20(34)35/h6-7,11-12,30,33H,4-5,8-10H2,1-3H3,(H,34,35)(H,26,27,29,36). The summed E-state index contributed by atoms with van der Waals surface area (Å²) < 4.78 is 7.86. The third kappa shape index (κ3) is 6.05. The normalized spacial score (nSPS) is 17.7. The second-order valence-electron chi connectivity index (χ2n) is 9.82. The first-order chi connectivity index (χ1) is 17.4. The zero-order valence-corrected chi connectivity index (χ0v) is 22.8. The first-order valence-corrected chi connectivity index (χ1v) is 12.6. The van der Waals surface area contributed by atoms with Crippen molar-refractivity contribution in [3.63, 3.8) is 0 Å². The fourth-order valence-corrected chi connectivity index (χ4v) is 5.18. The summed E-state index contributed by atoms with van der Waals surface area (Å²) in [5.74, 6) is 0.223. The highest BCUT2D eigenvalue weighted by Gasteiger charge is 2.40. The zero-order chi connectivity index (χ0) is 27.0. The van der Waals surface area contributed by atoms with E-state index in [4.69, 9.17) is 16.3 Å². The average molecular weight is 597 g/mol. The number of anilines is 2. The Kier molecular flexibility index (Phi) is 7.49. The number of benzene rings is 1. The number of carboxylic acid groups (broad SMARTS) is 1. The highest BCUT2D eigenvalue weighted by Crippen LogP contribution is 2.37. The van der Waals surface area contributed by atoms with Gasteiger partial charge in [-0.1, -0.05) is 27.5 Å². The van der Waals surface area contributed by atoms with Crippen LogP contribution < -0.4 is 15.5 Å². The number of halogens is 2. The number of aliphatic hydroxyl groups excluding tert-OH is 1. The Bertz CT molecular complexity index is 1350. The molecule has 1 unspecified atom stereocenters. The van der Waals surface area contributed by atoms with Crippen molar-refractivity contribution < 1.29 is 24.5 Å². The first kappa shape index (κ1) is 26.9. The molecule has 0 saturated carbocycles. The van der Waals surface area contributed by atoms with E-state index in [0.717, 1.165) is 15.7 Å². The molecule has 2 aromatic heterocycles. The molecule has 198 valence electrons. The molecule has 1 saturated heterocycles. The van der Waals surface area contributed by atoms with Crippen LogP contribution in [0.5, 0.6) is 0 Å². The number of rotatable bonds is 6. The van der Waals surface area contributed by atoms with Crippen LogP contribution in [0.3, 0.4) is 0 Å². The monoisotopic (exact) mass is 595 g/mol. The molecule has 14 heteroatoms. The van der Waals surface area contributed by atoms with Gasteiger partial charge < -0.3 is 29.7 Å². The van der Waals surface area contributed by atoms with Crippen LogP contribution in [0, 0.1) is 0 Å². The Labute approximate surface area is 226 Å². The molecular formula is C23H27BrClN7O5. The van der Waals surface area contributed by atoms with Crippen LogP contribution in [0.4, 0.5) is 21.1 Å². The van der Waals surface area contributed by atoms with E-state index in [-0.39, 0.29) is 19.0 Å². The Morgan fingerprint density at radius 1 is 1.27 bits per heavy atom. The van der Waals surface area contributed by atoms with Gasteiger partial charge in [0.25, 0.3) is 0 Å². The van der Waals surface area contributed by atoms with Gasteiger partial charge in [-0.25, -0.2) is 24.5 Å². The first-order valence-electron chi connectivity index (χ1n) is 11.4. The Balaban J connectivity index is 1.65. The molecule has 1 aromatic carbocycles. The molecule has 0 spiro atoms. The van der Waals surface area contributed by atoms with Crippen molar-refractivity contribution in [1.82, 2.24) is 24.8 Å². The van der Waals surface area contributed by atoms with Crippen LogP contribution >= 0.6 is 27.5 Å². The molecular weight excluding hydrogens is 570 g/mol. The topological polar surface area (TPSA) is 155 Å². The van der Waals surface area contributed by atoms with E-state index < -0.39 is 23.3 Å². The van der Waals surface area contributed by atoms with Gasteiger partial charge in [-0.2, -0.15) is 0 Å². The van der Waals surface area contributed by atoms with Gasteiger partial charge in [-0.15, -0.1) is 0 Å². The van der Waals surface area contributed by atoms with Crippen LogP contribution in [-0.2, 0) is 11.3 Å². The van der Waals surface area contributed by atoms with Gasteiger partial charge in [0.05, 0.1) is 25.0 Å². The molecule has 1 fully saturated rings. The zero-order valence-electron chi connectivity index (χ0n) is 20.5. The third-order valence-electron chi connectivity index (χ3n) is 5.85. The fraction of sp³-hybridized carbons (Fsp3) is 0.435. The minimum Gasteiger partial charge on any atom is -0.465 e. The highest BCUT2D eigenvalue weighted by atomic mass is 79.9. The van der Waals surface area contributed by atoms with Crippen molar-refractivity contribution >= 4 is 62.4 Å². The number of nitrogens with one attached hydrogen (secondary N) is 2. The summed E-state index contributed by atoms with van der Waals surface area (Å²) in [5.41, 5.74) is 0.877. The van der Waals surface area contributed by atoms with E-state index in [2.05, 4.69) is 41.5 Å². The van der Waals surface area contributed by atoms with Gasteiger partial charge in [-0.05, 0) is 39.3 Å². The van der Waals surface area contributed by atoms with E-state index in [1.807, 2.05) is 4.90 Å². The number of amides is 2. The van der Waals surface area contributed by atoms with Crippen molar-refractivity contribution in [2.45, 2.75) is 44.9 Å². The lowest BCUT2D eigenvalue weighted by molar-refractivity contribution is 0.0635. The average Bonchev–Trinajstić information content (AvgIpc) is 3.39. The fourth-order valence-electron chi connectivity index (χ4n) is 4.26. The van der Waals surface area contributed by atoms with E-state index >= 15 is 0 Å². The molecule has 3 aromatic rings. The molecule has 4 N–H and O–H groups in total. The van der Waals surface area contributed by atoms with Crippen molar-refractivity contribution in [1.29, 1.82) is 0 Å². The number of fused-ring (bicyclic) bond motifs is 1. The summed E-state index contributed by atoms with van der Waals surface area (Å²) in [7, 11) is 0. The maximum atomic E-state index is 12.3. The summed E-state index contributed by atoms with van der Waals surface area (Å²) in [6, 6.07) is 3.58. The van der Waals surface area contributed by atoms with Crippen LogP contribution in [0.25, 0.3) is 11.2 Å². The van der Waals surface area contributed by atoms with Crippen LogP contribution in [0.15, 0.2) is 29.3 Å². The molecule has 1 aliphatic rings. The van der Waals surface area contributed by atoms with E-state index in [9.17, 15) is 19.8 Å². The molecule has 2 amide bonds. The summed E-state index contributed by atoms with van der Waals surface area (Å²) in [5, 5.41) is 24.8. The summed E-state index contributed by atoms with van der Waals surface area (Å²) >= 11 is 9.98. The molecule has 0 aliphatic carbocycles. The number of carbonyl (C=O) groups excluding carboxylic acids is 1. The molecule has 0 radical (unpaired) electrons. The molecule has 0 bridgehead atoms. The van der Waals surface area contributed by atoms with Crippen LogP contribution in [0.1, 0.15) is 32.8 Å². The van der Waals surface area contributed by atoms with Crippen molar-refractivity contribution in [2.24, 2.45) is 0 Å². The lowest BCUT2D eigenvalue weighted by atomic mass is 10.0. The highest BCUT2D eigenvalue weighted by molar-refractivity contribution is 9.10. The quantitative estimate of drug-likeness (QED) is 0.332. The molecule has 12 nitrogen and oxygen atoms in total. The third-order valence-corrected chi connectivity index (χ3v) is 6.78. The number of aliphatic hydroxyl groups is 1. The molecule has 1 aliphatic heterocycles. The van der Waals surface area contributed by atoms with Gasteiger partial charge in [0.2, 0.25) is 0 Å². The van der Waals surface area contributed by atoms with Crippen molar-refractivity contribution in [3.05, 3.63) is 39.8 Å². The predicted octanol–water partition coefficient (Wildman–Crippen LogP) is 3.85. The number of aromatic nitrogens is 4. The lowest BCUT2D eigenvalue weighted by Crippen LogP contribution is -2.52. The van der Waals surface area contributed by atoms with Gasteiger partial charge in [0.1, 0.15) is 11.9 Å². The predicted molar refractivity (Wildman–Crippen MR) is 141 cm³/mol. The Morgan fingerprint density at radius 3 is 2.70 bits per heavy atom. The summed E-state index contributed by atoms with van der Waals surface area (Å²) in [6.45, 7) is 6.08. The van der Waals surface area contributed by atoms with Crippen molar-refractivity contribution in [3.8, 4) is 0 Å². The number of hydrogen-bond donors (Lipinski definition) is 4. The Hall–Kier alpha value is -3.16. The lowest BCUT2D eigenvalue weighted by Gasteiger charge is -2.29. The van der Waals surface area contributed by atoms with Crippen LogP contribution in [-0.4, -0.2) is 72.8 Å². The second-order valence-corrected chi connectivity index (χ2v) is 11.1. The summed E-state index contributed by atoms with van der Waals surface area (Å²) in [4.78, 5) is 38.5. The van der Waals surface area contributed by atoms with E-state index in [0.29, 0.717) is 35.7 Å².